The van der Waals surface area contributed by atoms with Gasteiger partial charge in [-0.15, -0.1) is 0 Å². The Bertz CT molecular complexity index is 683. The summed E-state index contributed by atoms with van der Waals surface area (Å²) in [7, 11) is 0. The number of alkyl halides is 2. The molecule has 0 aromatic carbocycles. The molecule has 0 radical (unpaired) electrons. The van der Waals surface area contributed by atoms with E-state index in [1.807, 2.05) is 13.8 Å². The summed E-state index contributed by atoms with van der Waals surface area (Å²) >= 11 is 0. The Morgan fingerprint density at radius 1 is 1.38 bits per heavy atom. The van der Waals surface area contributed by atoms with Gasteiger partial charge in [0.25, 0.3) is 6.43 Å². The first-order valence-corrected chi connectivity index (χ1v) is 7.47. The van der Waals surface area contributed by atoms with Crippen LogP contribution >= 0.6 is 0 Å². The second-order valence-corrected chi connectivity index (χ2v) is 5.59. The van der Waals surface area contributed by atoms with Crippen LogP contribution in [-0.4, -0.2) is 37.3 Å². The molecule has 2 aromatic heterocycles. The fraction of sp³-hybridized carbons (Fsp3) is 0.500. The van der Waals surface area contributed by atoms with E-state index in [-0.39, 0.29) is 24.8 Å². The largest absolute Gasteiger partial charge is 0.394 e. The second kappa shape index (κ2) is 7.86. The van der Waals surface area contributed by atoms with Gasteiger partial charge in [-0.25, -0.2) is 18.3 Å². The number of aliphatic hydroxyl groups is 1. The van der Waals surface area contributed by atoms with Crippen molar-refractivity contribution in [3.05, 3.63) is 24.2 Å². The van der Waals surface area contributed by atoms with Gasteiger partial charge in [-0.05, 0) is 5.92 Å². The van der Waals surface area contributed by atoms with Crippen molar-refractivity contribution in [1.29, 1.82) is 0 Å². The number of nitrogens with one attached hydrogen (secondary N) is 2. The van der Waals surface area contributed by atoms with Crippen LogP contribution < -0.4 is 10.6 Å². The monoisotopic (exact) mass is 342 g/mol. The molecule has 0 aliphatic carbocycles. The number of aromatic nitrogens is 4. The molecule has 8 nitrogen and oxygen atoms in total. The van der Waals surface area contributed by atoms with Gasteiger partial charge in [-0.2, -0.15) is 10.2 Å². The van der Waals surface area contributed by atoms with Gasteiger partial charge in [0.15, 0.2) is 5.69 Å². The first-order chi connectivity index (χ1) is 11.4. The first-order valence-electron chi connectivity index (χ1n) is 7.47. The Morgan fingerprint density at radius 3 is 2.75 bits per heavy atom. The lowest BCUT2D eigenvalue weighted by Gasteiger charge is -2.09. The number of aliphatic hydroxyl groups excluding tert-OH is 1. The molecule has 0 aliphatic heterocycles. The average molecular weight is 342 g/mol. The Labute approximate surface area is 137 Å². The van der Waals surface area contributed by atoms with Crippen LogP contribution in [0.1, 0.15) is 26.0 Å². The van der Waals surface area contributed by atoms with E-state index in [1.54, 1.807) is 0 Å². The lowest BCUT2D eigenvalue weighted by molar-refractivity contribution is 0.145. The lowest BCUT2D eigenvalue weighted by atomic mass is 10.2. The molecule has 0 unspecified atom stereocenters. The van der Waals surface area contributed by atoms with Crippen LogP contribution in [0, 0.1) is 5.92 Å². The van der Waals surface area contributed by atoms with Crippen molar-refractivity contribution < 1.29 is 18.7 Å². The molecule has 0 bridgehead atoms. The first kappa shape index (κ1) is 17.9. The van der Waals surface area contributed by atoms with Crippen molar-refractivity contribution in [2.45, 2.75) is 33.4 Å². The van der Waals surface area contributed by atoms with Gasteiger partial charge in [-0.3, -0.25) is 10.00 Å². The van der Waals surface area contributed by atoms with Gasteiger partial charge in [0.2, 0.25) is 0 Å². The maximum atomic E-state index is 13.1. The Kier molecular flexibility index (Phi) is 5.85. The van der Waals surface area contributed by atoms with E-state index in [1.165, 1.54) is 27.8 Å². The van der Waals surface area contributed by atoms with Gasteiger partial charge in [0.05, 0.1) is 25.0 Å². The van der Waals surface area contributed by atoms with E-state index in [4.69, 9.17) is 5.11 Å². The fourth-order valence-corrected chi connectivity index (χ4v) is 2.14. The van der Waals surface area contributed by atoms with Crippen LogP contribution in [-0.2, 0) is 13.1 Å². The highest BCUT2D eigenvalue weighted by Gasteiger charge is 2.20. The summed E-state index contributed by atoms with van der Waals surface area (Å²) in [5.41, 5.74) is -0.522. The number of halogens is 2. The highest BCUT2D eigenvalue weighted by molar-refractivity contribution is 5.99. The quantitative estimate of drug-likeness (QED) is 0.719. The summed E-state index contributed by atoms with van der Waals surface area (Å²) in [5.74, 6) is 0.569. The highest BCUT2D eigenvalue weighted by Crippen LogP contribution is 2.26. The topological polar surface area (TPSA) is 97.0 Å². The molecular formula is C14H20F2N6O2. The Balaban J connectivity index is 2.10. The van der Waals surface area contributed by atoms with Crippen molar-refractivity contribution in [3.8, 4) is 0 Å². The van der Waals surface area contributed by atoms with Gasteiger partial charge >= 0.3 is 6.03 Å². The third kappa shape index (κ3) is 4.51. The van der Waals surface area contributed by atoms with Gasteiger partial charge < -0.3 is 10.4 Å². The molecule has 24 heavy (non-hydrogen) atoms. The number of nitrogens with zero attached hydrogens (tertiary/aromatic N) is 4. The van der Waals surface area contributed by atoms with E-state index in [2.05, 4.69) is 20.8 Å². The Morgan fingerprint density at radius 2 is 2.12 bits per heavy atom. The molecular weight excluding hydrogens is 322 g/mol. The van der Waals surface area contributed by atoms with Crippen LogP contribution in [0.25, 0.3) is 0 Å². The smallest absolute Gasteiger partial charge is 0.324 e. The highest BCUT2D eigenvalue weighted by atomic mass is 19.3. The van der Waals surface area contributed by atoms with Crippen LogP contribution in [0.5, 0.6) is 0 Å². The number of anilines is 2. The summed E-state index contributed by atoms with van der Waals surface area (Å²) < 4.78 is 28.9. The number of hydrogen-bond acceptors (Lipinski definition) is 4. The molecule has 2 rings (SSSR count). The molecule has 3 N–H and O–H groups in total. The molecule has 2 aromatic rings. The predicted molar refractivity (Wildman–Crippen MR) is 84.0 cm³/mol. The van der Waals surface area contributed by atoms with Crippen molar-refractivity contribution in [2.75, 3.05) is 17.2 Å². The summed E-state index contributed by atoms with van der Waals surface area (Å²) in [6.07, 6.45) is 0.0384. The zero-order chi connectivity index (χ0) is 17.7. The molecule has 2 amide bonds. The number of rotatable bonds is 7. The SMILES string of the molecule is CC(C)Cn1cc(NC(=O)Nc2ccnn2CCO)c(C(F)F)n1. The molecule has 10 heteroatoms. The summed E-state index contributed by atoms with van der Waals surface area (Å²) in [6.45, 7) is 4.40. The van der Waals surface area contributed by atoms with Crippen LogP contribution in [0.4, 0.5) is 25.1 Å². The predicted octanol–water partition coefficient (Wildman–Crippen LogP) is 2.31. The number of carbonyl (C=O) groups excluding carboxylic acids is 1. The summed E-state index contributed by atoms with van der Waals surface area (Å²) in [6, 6.07) is 0.839. The molecule has 0 saturated carbocycles. The number of urea groups is 1. The van der Waals surface area contributed by atoms with E-state index in [0.29, 0.717) is 12.4 Å². The minimum Gasteiger partial charge on any atom is -0.394 e. The number of hydrogen-bond donors (Lipinski definition) is 3. The van der Waals surface area contributed by atoms with Crippen molar-refractivity contribution in [3.63, 3.8) is 0 Å². The fourth-order valence-electron chi connectivity index (χ4n) is 2.14. The molecule has 0 spiro atoms. The summed E-state index contributed by atoms with van der Waals surface area (Å²) in [4.78, 5) is 12.0. The van der Waals surface area contributed by atoms with E-state index >= 15 is 0 Å². The summed E-state index contributed by atoms with van der Waals surface area (Å²) in [5, 5.41) is 21.5. The maximum Gasteiger partial charge on any atom is 0.324 e. The molecule has 132 valence electrons. The maximum absolute atomic E-state index is 13.1. The zero-order valence-corrected chi connectivity index (χ0v) is 13.4. The molecule has 0 fully saturated rings. The van der Waals surface area contributed by atoms with E-state index in [0.717, 1.165) is 0 Å². The van der Waals surface area contributed by atoms with Gasteiger partial charge in [-0.1, -0.05) is 13.8 Å². The average Bonchev–Trinajstić information content (AvgIpc) is 3.06. The molecule has 0 aliphatic rings. The molecule has 0 saturated heterocycles. The molecule has 2 heterocycles. The lowest BCUT2D eigenvalue weighted by Crippen LogP contribution is -2.22. The van der Waals surface area contributed by atoms with Crippen LogP contribution in [0.15, 0.2) is 18.5 Å². The standard InChI is InChI=1S/C14H20F2N6O2/c1-9(2)7-21-8-10(12(20-21)13(15)16)18-14(24)19-11-3-4-17-22(11)5-6-23/h3-4,8-9,13,23H,5-7H2,1-2H3,(H2,18,19,24). The van der Waals surface area contributed by atoms with Gasteiger partial charge in [0.1, 0.15) is 5.82 Å². The Hall–Kier alpha value is -2.49. The number of carbonyl (C=O) groups is 1. The minimum atomic E-state index is -2.80. The van der Waals surface area contributed by atoms with E-state index in [9.17, 15) is 13.6 Å². The second-order valence-electron chi connectivity index (χ2n) is 5.59. The normalized spacial score (nSPS) is 11.3. The zero-order valence-electron chi connectivity index (χ0n) is 13.4. The molecule has 0 atom stereocenters. The van der Waals surface area contributed by atoms with Gasteiger partial charge in [0, 0.05) is 18.8 Å². The van der Waals surface area contributed by atoms with Crippen LogP contribution in [0.3, 0.4) is 0 Å². The number of amides is 2. The van der Waals surface area contributed by atoms with Crippen molar-refractivity contribution in [2.24, 2.45) is 5.92 Å². The van der Waals surface area contributed by atoms with Crippen molar-refractivity contribution in [1.82, 2.24) is 19.6 Å². The van der Waals surface area contributed by atoms with E-state index < -0.39 is 18.2 Å². The third-order valence-electron chi connectivity index (χ3n) is 3.07. The third-order valence-corrected chi connectivity index (χ3v) is 3.07. The van der Waals surface area contributed by atoms with Crippen LogP contribution in [0.2, 0.25) is 0 Å². The van der Waals surface area contributed by atoms with Crippen molar-refractivity contribution >= 4 is 17.5 Å². The minimum absolute atomic E-state index is 0.0450.